The minimum absolute atomic E-state index is 0.590. The molecule has 1 aromatic carbocycles. The third-order valence-electron chi connectivity index (χ3n) is 2.33. The van der Waals surface area contributed by atoms with Gasteiger partial charge in [0.1, 0.15) is 0 Å². The largest absolute Gasteiger partial charge is 0.360 e. The molecule has 2 aromatic rings. The van der Waals surface area contributed by atoms with E-state index in [1.54, 1.807) is 18.5 Å². The van der Waals surface area contributed by atoms with Gasteiger partial charge in [-0.15, -0.1) is 0 Å². The third-order valence-corrected chi connectivity index (χ3v) is 3.30. The van der Waals surface area contributed by atoms with Crippen LogP contribution in [0.5, 0.6) is 0 Å². The molecule has 1 aromatic heterocycles. The number of carbonyl (C=O) groups is 1. The summed E-state index contributed by atoms with van der Waals surface area (Å²) >= 11 is 0. The molecule has 1 unspecified atom stereocenters. The van der Waals surface area contributed by atoms with Gasteiger partial charge in [-0.25, -0.2) is 0 Å². The van der Waals surface area contributed by atoms with Crippen molar-refractivity contribution in [3.8, 4) is 11.3 Å². The third kappa shape index (κ3) is 1.97. The predicted octanol–water partition coefficient (Wildman–Crippen LogP) is 2.23. The van der Waals surface area contributed by atoms with Gasteiger partial charge in [0.15, 0.2) is 6.29 Å². The Hall–Kier alpha value is -1.68. The van der Waals surface area contributed by atoms with Crippen LogP contribution in [0.2, 0.25) is 0 Å². The zero-order chi connectivity index (χ0) is 11.5. The molecule has 0 spiro atoms. The van der Waals surface area contributed by atoms with E-state index in [0.29, 0.717) is 5.56 Å². The van der Waals surface area contributed by atoms with Gasteiger partial charge in [-0.3, -0.25) is 9.00 Å². The Labute approximate surface area is 96.0 Å². The first-order chi connectivity index (χ1) is 7.72. The molecule has 0 aliphatic rings. The van der Waals surface area contributed by atoms with Gasteiger partial charge in [-0.1, -0.05) is 18.2 Å². The molecule has 0 amide bonds. The van der Waals surface area contributed by atoms with Crippen LogP contribution in [0.4, 0.5) is 0 Å². The molecule has 1 atom stereocenters. The van der Waals surface area contributed by atoms with Crippen molar-refractivity contribution in [2.45, 2.75) is 4.90 Å². The summed E-state index contributed by atoms with van der Waals surface area (Å²) in [5.74, 6) is 0. The van der Waals surface area contributed by atoms with Crippen LogP contribution in [0.3, 0.4) is 0 Å². The van der Waals surface area contributed by atoms with Gasteiger partial charge >= 0.3 is 0 Å². The Morgan fingerprint density at radius 3 is 2.69 bits per heavy atom. The molecule has 2 rings (SSSR count). The standard InChI is InChI=1S/C12H11NO2S/c1-16(15)12-5-3-2-4-10(12)11-6-9(8-14)7-13-11/h2-8,13H,1H3. The molecule has 0 saturated carbocycles. The van der Waals surface area contributed by atoms with Gasteiger partial charge < -0.3 is 4.98 Å². The number of rotatable bonds is 3. The van der Waals surface area contributed by atoms with E-state index in [9.17, 15) is 9.00 Å². The van der Waals surface area contributed by atoms with Gasteiger partial charge in [0.05, 0.1) is 10.8 Å². The summed E-state index contributed by atoms with van der Waals surface area (Å²) in [5, 5.41) is 0. The fraction of sp³-hybridized carbons (Fsp3) is 0.0833. The van der Waals surface area contributed by atoms with Gasteiger partial charge in [0.25, 0.3) is 0 Å². The lowest BCUT2D eigenvalue weighted by Gasteiger charge is -2.04. The van der Waals surface area contributed by atoms with Gasteiger partial charge in [-0.2, -0.15) is 0 Å². The molecular weight excluding hydrogens is 222 g/mol. The van der Waals surface area contributed by atoms with Crippen LogP contribution in [-0.2, 0) is 10.8 Å². The molecule has 16 heavy (non-hydrogen) atoms. The highest BCUT2D eigenvalue weighted by Crippen LogP contribution is 2.24. The minimum atomic E-state index is -1.04. The first-order valence-corrected chi connectivity index (χ1v) is 6.34. The molecule has 82 valence electrons. The zero-order valence-electron chi connectivity index (χ0n) is 8.77. The summed E-state index contributed by atoms with van der Waals surface area (Å²) in [7, 11) is -1.04. The van der Waals surface area contributed by atoms with Crippen molar-refractivity contribution in [3.05, 3.63) is 42.1 Å². The first-order valence-electron chi connectivity index (χ1n) is 4.79. The van der Waals surface area contributed by atoms with Crippen molar-refractivity contribution in [3.63, 3.8) is 0 Å². The number of aromatic amines is 1. The Morgan fingerprint density at radius 1 is 1.31 bits per heavy atom. The Bertz CT molecular complexity index is 545. The summed E-state index contributed by atoms with van der Waals surface area (Å²) in [5.41, 5.74) is 2.27. The monoisotopic (exact) mass is 233 g/mol. The number of H-pyrrole nitrogens is 1. The topological polar surface area (TPSA) is 49.9 Å². The minimum Gasteiger partial charge on any atom is -0.360 e. The summed E-state index contributed by atoms with van der Waals surface area (Å²) in [6.45, 7) is 0. The number of aromatic nitrogens is 1. The number of carbonyl (C=O) groups excluding carboxylic acids is 1. The Kier molecular flexibility index (Phi) is 3.01. The quantitative estimate of drug-likeness (QED) is 0.826. The molecule has 0 bridgehead atoms. The van der Waals surface area contributed by atoms with Gasteiger partial charge in [-0.05, 0) is 12.1 Å². The second-order valence-electron chi connectivity index (χ2n) is 3.41. The molecule has 1 heterocycles. The molecule has 3 nitrogen and oxygen atoms in total. The smallest absolute Gasteiger partial charge is 0.151 e. The number of nitrogens with one attached hydrogen (secondary N) is 1. The van der Waals surface area contributed by atoms with Crippen LogP contribution in [0.25, 0.3) is 11.3 Å². The zero-order valence-corrected chi connectivity index (χ0v) is 9.58. The van der Waals surface area contributed by atoms with Crippen LogP contribution < -0.4 is 0 Å². The van der Waals surface area contributed by atoms with E-state index in [2.05, 4.69) is 4.98 Å². The molecule has 0 aliphatic carbocycles. The summed E-state index contributed by atoms with van der Waals surface area (Å²) in [6, 6.07) is 9.19. The van der Waals surface area contributed by atoms with E-state index in [4.69, 9.17) is 0 Å². The molecule has 0 radical (unpaired) electrons. The first kappa shape index (κ1) is 10.8. The van der Waals surface area contributed by atoms with E-state index >= 15 is 0 Å². The van der Waals surface area contributed by atoms with Crippen molar-refractivity contribution in [2.75, 3.05) is 6.26 Å². The highest BCUT2D eigenvalue weighted by Gasteiger charge is 2.08. The van der Waals surface area contributed by atoms with Crippen molar-refractivity contribution in [2.24, 2.45) is 0 Å². The summed E-state index contributed by atoms with van der Waals surface area (Å²) in [6.07, 6.45) is 4.06. The van der Waals surface area contributed by atoms with Gasteiger partial charge in [0, 0.05) is 34.2 Å². The molecule has 0 saturated heterocycles. The lowest BCUT2D eigenvalue weighted by Crippen LogP contribution is -1.91. The van der Waals surface area contributed by atoms with E-state index in [1.165, 1.54) is 0 Å². The summed E-state index contributed by atoms with van der Waals surface area (Å²) < 4.78 is 11.5. The number of benzene rings is 1. The maximum absolute atomic E-state index is 11.5. The Balaban J connectivity index is 2.54. The molecule has 0 fully saturated rings. The fourth-order valence-corrected chi connectivity index (χ4v) is 2.33. The van der Waals surface area contributed by atoms with Crippen molar-refractivity contribution in [1.29, 1.82) is 0 Å². The van der Waals surface area contributed by atoms with Gasteiger partial charge in [0.2, 0.25) is 0 Å². The average molecular weight is 233 g/mol. The predicted molar refractivity (Wildman–Crippen MR) is 63.9 cm³/mol. The number of aldehydes is 1. The SMILES string of the molecule is CS(=O)c1ccccc1-c1cc(C=O)c[nH]1. The van der Waals surface area contributed by atoms with Crippen molar-refractivity contribution < 1.29 is 9.00 Å². The normalized spacial score (nSPS) is 12.3. The second-order valence-corrected chi connectivity index (χ2v) is 4.76. The van der Waals surface area contributed by atoms with Crippen LogP contribution in [0.1, 0.15) is 10.4 Å². The van der Waals surface area contributed by atoms with Crippen LogP contribution in [0.15, 0.2) is 41.4 Å². The highest BCUT2D eigenvalue weighted by molar-refractivity contribution is 7.84. The Morgan fingerprint density at radius 2 is 2.06 bits per heavy atom. The second kappa shape index (κ2) is 4.45. The molecule has 1 N–H and O–H groups in total. The fourth-order valence-electron chi connectivity index (χ4n) is 1.57. The van der Waals surface area contributed by atoms with E-state index in [-0.39, 0.29) is 0 Å². The number of hydrogen-bond acceptors (Lipinski definition) is 2. The lowest BCUT2D eigenvalue weighted by atomic mass is 10.1. The molecular formula is C12H11NO2S. The van der Waals surface area contributed by atoms with Crippen LogP contribution in [-0.4, -0.2) is 21.7 Å². The van der Waals surface area contributed by atoms with E-state index < -0.39 is 10.8 Å². The van der Waals surface area contributed by atoms with Crippen LogP contribution >= 0.6 is 0 Å². The van der Waals surface area contributed by atoms with E-state index in [1.807, 2.05) is 24.3 Å². The van der Waals surface area contributed by atoms with Crippen molar-refractivity contribution in [1.82, 2.24) is 4.98 Å². The average Bonchev–Trinajstić information content (AvgIpc) is 2.77. The van der Waals surface area contributed by atoms with E-state index in [0.717, 1.165) is 22.4 Å². The van der Waals surface area contributed by atoms with Crippen molar-refractivity contribution >= 4 is 17.1 Å². The molecule has 4 heteroatoms. The van der Waals surface area contributed by atoms with Crippen LogP contribution in [0, 0.1) is 0 Å². The maximum atomic E-state index is 11.5. The maximum Gasteiger partial charge on any atom is 0.151 e. The summed E-state index contributed by atoms with van der Waals surface area (Å²) in [4.78, 5) is 14.4. The lowest BCUT2D eigenvalue weighted by molar-refractivity contribution is 0.112. The molecule has 0 aliphatic heterocycles. The highest BCUT2D eigenvalue weighted by atomic mass is 32.2. The number of hydrogen-bond donors (Lipinski definition) is 1.